The molecule has 1 aromatic carbocycles. The van der Waals surface area contributed by atoms with E-state index in [0.29, 0.717) is 23.1 Å². The van der Waals surface area contributed by atoms with E-state index in [1.165, 1.54) is 18.2 Å². The van der Waals surface area contributed by atoms with Crippen LogP contribution in [-0.2, 0) is 6.61 Å². The summed E-state index contributed by atoms with van der Waals surface area (Å²) >= 11 is 0. The standard InChI is InChI=1S/C20H21F2N5O/c1-11(12-4-6-15(21)7-5-12)23-19-14(10-28)8-16(22)20(25-19)24-18-9-17(26-27-18)13-2-3-13/h4-9,11,13,28H,2-3,10H2,1H3,(H3,23,24,25,26,27). The number of aliphatic hydroxyl groups excluding tert-OH is 1. The van der Waals surface area contributed by atoms with Crippen LogP contribution in [0.4, 0.5) is 26.2 Å². The lowest BCUT2D eigenvalue weighted by molar-refractivity contribution is 0.281. The molecule has 1 aliphatic rings. The molecule has 2 aromatic heterocycles. The van der Waals surface area contributed by atoms with Crippen LogP contribution in [0.15, 0.2) is 36.4 Å². The molecule has 4 N–H and O–H groups in total. The van der Waals surface area contributed by atoms with E-state index in [9.17, 15) is 13.9 Å². The van der Waals surface area contributed by atoms with Gasteiger partial charge in [-0.2, -0.15) is 5.10 Å². The lowest BCUT2D eigenvalue weighted by atomic mass is 10.1. The van der Waals surface area contributed by atoms with Gasteiger partial charge >= 0.3 is 0 Å². The van der Waals surface area contributed by atoms with Crippen molar-refractivity contribution in [2.24, 2.45) is 0 Å². The molecule has 1 atom stereocenters. The first-order valence-corrected chi connectivity index (χ1v) is 9.18. The van der Waals surface area contributed by atoms with Crippen molar-refractivity contribution >= 4 is 17.5 Å². The molecule has 2 heterocycles. The maximum Gasteiger partial charge on any atom is 0.170 e. The number of aromatic nitrogens is 3. The number of rotatable bonds is 7. The summed E-state index contributed by atoms with van der Waals surface area (Å²) in [4.78, 5) is 4.31. The normalized spacial score (nSPS) is 14.7. The van der Waals surface area contributed by atoms with Gasteiger partial charge in [-0.3, -0.25) is 5.10 Å². The zero-order valence-corrected chi connectivity index (χ0v) is 15.3. The monoisotopic (exact) mass is 385 g/mol. The highest BCUT2D eigenvalue weighted by molar-refractivity contribution is 5.59. The highest BCUT2D eigenvalue weighted by Crippen LogP contribution is 2.39. The van der Waals surface area contributed by atoms with E-state index in [-0.39, 0.29) is 24.3 Å². The minimum Gasteiger partial charge on any atom is -0.392 e. The largest absolute Gasteiger partial charge is 0.392 e. The van der Waals surface area contributed by atoms with Crippen molar-refractivity contribution in [3.05, 3.63) is 64.9 Å². The third-order valence-corrected chi connectivity index (χ3v) is 4.81. The number of hydrogen-bond acceptors (Lipinski definition) is 5. The summed E-state index contributed by atoms with van der Waals surface area (Å²) in [5, 5.41) is 22.7. The Labute approximate surface area is 161 Å². The molecule has 1 saturated carbocycles. The Morgan fingerprint density at radius 3 is 2.61 bits per heavy atom. The Morgan fingerprint density at radius 2 is 1.93 bits per heavy atom. The van der Waals surface area contributed by atoms with Crippen LogP contribution in [0, 0.1) is 11.6 Å². The van der Waals surface area contributed by atoms with Crippen molar-refractivity contribution in [2.75, 3.05) is 10.6 Å². The van der Waals surface area contributed by atoms with Crippen LogP contribution in [0.25, 0.3) is 0 Å². The van der Waals surface area contributed by atoms with Crippen LogP contribution in [0.2, 0.25) is 0 Å². The lowest BCUT2D eigenvalue weighted by Gasteiger charge is -2.18. The molecular weight excluding hydrogens is 364 g/mol. The van der Waals surface area contributed by atoms with Gasteiger partial charge in [0.15, 0.2) is 17.5 Å². The van der Waals surface area contributed by atoms with Gasteiger partial charge in [0.2, 0.25) is 0 Å². The molecule has 1 fully saturated rings. The topological polar surface area (TPSA) is 85.9 Å². The summed E-state index contributed by atoms with van der Waals surface area (Å²) in [6.45, 7) is 1.51. The molecule has 0 radical (unpaired) electrons. The van der Waals surface area contributed by atoms with Gasteiger partial charge < -0.3 is 15.7 Å². The van der Waals surface area contributed by atoms with Gasteiger partial charge in [0, 0.05) is 29.3 Å². The van der Waals surface area contributed by atoms with E-state index in [1.54, 1.807) is 12.1 Å². The highest BCUT2D eigenvalue weighted by atomic mass is 19.1. The fourth-order valence-corrected chi connectivity index (χ4v) is 3.03. The van der Waals surface area contributed by atoms with Crippen molar-refractivity contribution in [3.8, 4) is 0 Å². The fraction of sp³-hybridized carbons (Fsp3) is 0.300. The molecule has 4 rings (SSSR count). The number of nitrogens with one attached hydrogen (secondary N) is 3. The summed E-state index contributed by atoms with van der Waals surface area (Å²) in [6.07, 6.45) is 2.27. The van der Waals surface area contributed by atoms with Crippen molar-refractivity contribution in [3.63, 3.8) is 0 Å². The quantitative estimate of drug-likeness (QED) is 0.485. The molecular formula is C20H21F2N5O. The second-order valence-electron chi connectivity index (χ2n) is 7.01. The van der Waals surface area contributed by atoms with Gasteiger partial charge in [-0.05, 0) is 43.5 Å². The highest BCUT2D eigenvalue weighted by Gasteiger charge is 2.25. The fourth-order valence-electron chi connectivity index (χ4n) is 3.03. The summed E-state index contributed by atoms with van der Waals surface area (Å²) < 4.78 is 27.6. The Hall–Kier alpha value is -3.00. The zero-order valence-electron chi connectivity index (χ0n) is 15.3. The van der Waals surface area contributed by atoms with Crippen LogP contribution in [0.3, 0.4) is 0 Å². The van der Waals surface area contributed by atoms with Crippen LogP contribution >= 0.6 is 0 Å². The van der Waals surface area contributed by atoms with Crippen molar-refractivity contribution in [1.29, 1.82) is 0 Å². The average molecular weight is 385 g/mol. The molecule has 0 amide bonds. The second kappa shape index (κ2) is 7.55. The van der Waals surface area contributed by atoms with Crippen molar-refractivity contribution in [2.45, 2.75) is 38.3 Å². The number of H-pyrrole nitrogens is 1. The first-order valence-electron chi connectivity index (χ1n) is 9.18. The number of halogens is 2. The first kappa shape index (κ1) is 18.4. The molecule has 0 aliphatic heterocycles. The summed E-state index contributed by atoms with van der Waals surface area (Å²) in [5.41, 5.74) is 2.20. The van der Waals surface area contributed by atoms with Crippen LogP contribution < -0.4 is 10.6 Å². The molecule has 0 bridgehead atoms. The maximum absolute atomic E-state index is 14.4. The van der Waals surface area contributed by atoms with Crippen molar-refractivity contribution in [1.82, 2.24) is 15.2 Å². The second-order valence-corrected chi connectivity index (χ2v) is 7.01. The minimum atomic E-state index is -0.583. The molecule has 0 spiro atoms. The molecule has 1 unspecified atom stereocenters. The SMILES string of the molecule is CC(Nc1nc(Nc2cc(C3CC3)[nH]n2)c(F)cc1CO)c1ccc(F)cc1. The Balaban J connectivity index is 1.56. The Kier molecular flexibility index (Phi) is 4.95. The molecule has 8 heteroatoms. The number of nitrogens with zero attached hydrogens (tertiary/aromatic N) is 2. The van der Waals surface area contributed by atoms with Gasteiger partial charge in [-0.25, -0.2) is 13.8 Å². The summed E-state index contributed by atoms with van der Waals surface area (Å²) in [5.74, 6) is 0.456. The number of hydrogen-bond donors (Lipinski definition) is 4. The average Bonchev–Trinajstić information content (AvgIpc) is 3.44. The van der Waals surface area contributed by atoms with E-state index in [1.807, 2.05) is 13.0 Å². The number of anilines is 3. The Bertz CT molecular complexity index is 969. The number of benzene rings is 1. The van der Waals surface area contributed by atoms with Gasteiger partial charge in [0.25, 0.3) is 0 Å². The first-order chi connectivity index (χ1) is 13.5. The minimum absolute atomic E-state index is 0.0138. The van der Waals surface area contributed by atoms with Crippen LogP contribution in [0.5, 0.6) is 0 Å². The van der Waals surface area contributed by atoms with Crippen LogP contribution in [-0.4, -0.2) is 20.3 Å². The summed E-state index contributed by atoms with van der Waals surface area (Å²) in [7, 11) is 0. The number of aromatic amines is 1. The molecule has 6 nitrogen and oxygen atoms in total. The summed E-state index contributed by atoms with van der Waals surface area (Å²) in [6, 6.07) is 8.95. The zero-order chi connectivity index (χ0) is 19.7. The Morgan fingerprint density at radius 1 is 1.18 bits per heavy atom. The van der Waals surface area contributed by atoms with Gasteiger partial charge in [0.05, 0.1) is 6.61 Å². The van der Waals surface area contributed by atoms with Gasteiger partial charge in [-0.1, -0.05) is 12.1 Å². The molecule has 0 saturated heterocycles. The van der Waals surface area contributed by atoms with Gasteiger partial charge in [0.1, 0.15) is 11.6 Å². The lowest BCUT2D eigenvalue weighted by Crippen LogP contribution is -2.12. The maximum atomic E-state index is 14.4. The molecule has 3 aromatic rings. The number of pyridine rings is 1. The van der Waals surface area contributed by atoms with E-state index >= 15 is 0 Å². The third kappa shape index (κ3) is 3.96. The van der Waals surface area contributed by atoms with Gasteiger partial charge in [-0.15, -0.1) is 0 Å². The predicted molar refractivity (Wildman–Crippen MR) is 102 cm³/mol. The predicted octanol–water partition coefficient (Wildman–Crippen LogP) is 4.37. The number of aliphatic hydroxyl groups is 1. The van der Waals surface area contributed by atoms with Crippen LogP contribution in [0.1, 0.15) is 48.5 Å². The van der Waals surface area contributed by atoms with E-state index < -0.39 is 5.82 Å². The van der Waals surface area contributed by atoms with E-state index in [2.05, 4.69) is 25.8 Å². The smallest absolute Gasteiger partial charge is 0.170 e. The van der Waals surface area contributed by atoms with E-state index in [4.69, 9.17) is 0 Å². The molecule has 1 aliphatic carbocycles. The molecule has 28 heavy (non-hydrogen) atoms. The third-order valence-electron chi connectivity index (χ3n) is 4.81. The van der Waals surface area contributed by atoms with E-state index in [0.717, 1.165) is 24.1 Å². The van der Waals surface area contributed by atoms with Crippen molar-refractivity contribution < 1.29 is 13.9 Å². The molecule has 146 valence electrons.